The Hall–Kier alpha value is -3.88. The molecule has 0 radical (unpaired) electrons. The van der Waals surface area contributed by atoms with Gasteiger partial charge in [-0.25, -0.2) is 9.97 Å². The lowest BCUT2D eigenvalue weighted by Crippen LogP contribution is -2.54. The largest absolute Gasteiger partial charge is 0.494 e. The number of nitrogens with zero attached hydrogens (tertiary/aromatic N) is 4. The van der Waals surface area contributed by atoms with Gasteiger partial charge in [-0.3, -0.25) is 9.59 Å². The molecule has 1 aliphatic heterocycles. The molecule has 3 heterocycles. The standard InChI is InChI=1S/C25H23F6N5O4/c1-39-15-4-2-14(13-3-5-17(24(26,27)28)33-18(13)15)20-34-19(16(12-32)40-20)21(37)35-8-10-36(11-9-35)22(38)23(6-7-23)25(29,30)31/h2-5H,6-12,32H2,1H3. The minimum Gasteiger partial charge on any atom is -0.494 e. The molecule has 2 aromatic heterocycles. The molecule has 15 heteroatoms. The third-order valence-corrected chi connectivity index (χ3v) is 7.20. The van der Waals surface area contributed by atoms with E-state index in [4.69, 9.17) is 14.9 Å². The number of carbonyl (C=O) groups excluding carboxylic acids is 2. The third kappa shape index (κ3) is 4.61. The Morgan fingerprint density at radius 1 is 1.00 bits per heavy atom. The van der Waals surface area contributed by atoms with Crippen molar-refractivity contribution >= 4 is 22.7 Å². The molecular weight excluding hydrogens is 548 g/mol. The predicted octanol–water partition coefficient (Wildman–Crippen LogP) is 4.00. The van der Waals surface area contributed by atoms with Gasteiger partial charge in [0.25, 0.3) is 5.91 Å². The Balaban J connectivity index is 1.40. The number of amides is 2. The van der Waals surface area contributed by atoms with Crippen LogP contribution in [0.5, 0.6) is 5.75 Å². The number of nitrogens with two attached hydrogens (primary N) is 1. The number of halogens is 6. The number of rotatable bonds is 5. The zero-order valence-electron chi connectivity index (χ0n) is 21.0. The topological polar surface area (TPSA) is 115 Å². The van der Waals surface area contributed by atoms with Crippen LogP contribution in [-0.4, -0.2) is 71.0 Å². The van der Waals surface area contributed by atoms with Gasteiger partial charge in [-0.2, -0.15) is 26.3 Å². The Morgan fingerprint density at radius 2 is 1.65 bits per heavy atom. The molecular formula is C25H23F6N5O4. The molecule has 1 saturated heterocycles. The van der Waals surface area contributed by atoms with Gasteiger partial charge in [0.1, 0.15) is 22.4 Å². The lowest BCUT2D eigenvalue weighted by atomic mass is 10.0. The highest BCUT2D eigenvalue weighted by Gasteiger charge is 2.69. The average Bonchev–Trinajstić information content (AvgIpc) is 3.65. The second-order valence-electron chi connectivity index (χ2n) is 9.56. The van der Waals surface area contributed by atoms with E-state index in [-0.39, 0.29) is 85.1 Å². The second-order valence-corrected chi connectivity index (χ2v) is 9.56. The number of aromatic nitrogens is 2. The van der Waals surface area contributed by atoms with E-state index >= 15 is 0 Å². The number of ether oxygens (including phenoxy) is 1. The van der Waals surface area contributed by atoms with Gasteiger partial charge in [0.2, 0.25) is 11.8 Å². The van der Waals surface area contributed by atoms with Gasteiger partial charge in [0, 0.05) is 37.1 Å². The lowest BCUT2D eigenvalue weighted by Gasteiger charge is -2.36. The number of alkyl halides is 6. The van der Waals surface area contributed by atoms with E-state index in [9.17, 15) is 35.9 Å². The number of benzene rings is 1. The molecule has 2 N–H and O–H groups in total. The molecule has 2 amide bonds. The molecule has 0 bridgehead atoms. The van der Waals surface area contributed by atoms with Crippen LogP contribution in [0.25, 0.3) is 22.4 Å². The van der Waals surface area contributed by atoms with E-state index in [0.717, 1.165) is 11.0 Å². The van der Waals surface area contributed by atoms with Gasteiger partial charge in [-0.05, 0) is 37.1 Å². The molecule has 0 spiro atoms. The molecule has 1 aromatic carbocycles. The van der Waals surface area contributed by atoms with E-state index in [0.29, 0.717) is 0 Å². The number of hydrogen-bond acceptors (Lipinski definition) is 7. The first kappa shape index (κ1) is 27.7. The molecule has 1 saturated carbocycles. The Morgan fingerprint density at radius 3 is 2.20 bits per heavy atom. The fourth-order valence-electron chi connectivity index (χ4n) is 4.78. The first-order valence-corrected chi connectivity index (χ1v) is 12.2. The maximum Gasteiger partial charge on any atom is 0.433 e. The molecule has 214 valence electrons. The van der Waals surface area contributed by atoms with Crippen LogP contribution in [0.4, 0.5) is 26.3 Å². The summed E-state index contributed by atoms with van der Waals surface area (Å²) in [6, 6.07) is 4.88. The summed E-state index contributed by atoms with van der Waals surface area (Å²) in [5.41, 5.74) is 2.32. The summed E-state index contributed by atoms with van der Waals surface area (Å²) in [7, 11) is 1.28. The first-order chi connectivity index (χ1) is 18.8. The van der Waals surface area contributed by atoms with Crippen LogP contribution in [0.2, 0.25) is 0 Å². The van der Waals surface area contributed by atoms with Crippen LogP contribution in [0.3, 0.4) is 0 Å². The molecule has 9 nitrogen and oxygen atoms in total. The van der Waals surface area contributed by atoms with E-state index in [1.54, 1.807) is 0 Å². The number of carbonyl (C=O) groups is 2. The van der Waals surface area contributed by atoms with Crippen molar-refractivity contribution < 1.29 is 45.1 Å². The highest BCUT2D eigenvalue weighted by atomic mass is 19.4. The molecule has 40 heavy (non-hydrogen) atoms. The average molecular weight is 571 g/mol. The third-order valence-electron chi connectivity index (χ3n) is 7.20. The maximum atomic E-state index is 13.4. The van der Waals surface area contributed by atoms with Gasteiger partial charge < -0.3 is 24.7 Å². The van der Waals surface area contributed by atoms with Crippen LogP contribution < -0.4 is 10.5 Å². The highest BCUT2D eigenvalue weighted by molar-refractivity contribution is 5.98. The normalized spacial score (nSPS) is 17.3. The van der Waals surface area contributed by atoms with E-state index < -0.39 is 35.3 Å². The Labute approximate surface area is 222 Å². The second kappa shape index (κ2) is 9.64. The first-order valence-electron chi connectivity index (χ1n) is 12.2. The number of methoxy groups -OCH3 is 1. The van der Waals surface area contributed by atoms with Crippen molar-refractivity contribution in [2.75, 3.05) is 33.3 Å². The van der Waals surface area contributed by atoms with E-state index in [1.165, 1.54) is 30.2 Å². The van der Waals surface area contributed by atoms with Gasteiger partial charge in [0.05, 0.1) is 13.7 Å². The molecule has 1 aliphatic carbocycles. The Bertz CT molecular complexity index is 1470. The summed E-state index contributed by atoms with van der Waals surface area (Å²) >= 11 is 0. The summed E-state index contributed by atoms with van der Waals surface area (Å²) in [5.74, 6) is -1.58. The number of pyridine rings is 1. The smallest absolute Gasteiger partial charge is 0.433 e. The van der Waals surface area contributed by atoms with Gasteiger partial charge in [0.15, 0.2) is 11.5 Å². The van der Waals surface area contributed by atoms with E-state index in [1.807, 2.05) is 0 Å². The zero-order chi connectivity index (χ0) is 29.0. The van der Waals surface area contributed by atoms with Crippen LogP contribution in [-0.2, 0) is 17.5 Å². The van der Waals surface area contributed by atoms with Crippen molar-refractivity contribution in [2.45, 2.75) is 31.7 Å². The van der Waals surface area contributed by atoms with Crippen molar-refractivity contribution in [3.8, 4) is 17.2 Å². The van der Waals surface area contributed by atoms with Crippen LogP contribution in [0.15, 0.2) is 28.7 Å². The summed E-state index contributed by atoms with van der Waals surface area (Å²) in [6.07, 6.45) is -9.81. The minimum absolute atomic E-state index is 0.0105. The van der Waals surface area contributed by atoms with Crippen LogP contribution in [0, 0.1) is 5.41 Å². The molecule has 3 aromatic rings. The fraction of sp³-hybridized carbons (Fsp3) is 0.440. The minimum atomic E-state index is -4.69. The van der Waals surface area contributed by atoms with Crippen LogP contribution in [0.1, 0.15) is 34.8 Å². The van der Waals surface area contributed by atoms with E-state index in [2.05, 4.69) is 9.97 Å². The monoisotopic (exact) mass is 571 g/mol. The molecule has 2 aliphatic rings. The molecule has 0 atom stereocenters. The fourth-order valence-corrected chi connectivity index (χ4v) is 4.78. The SMILES string of the molecule is COc1ccc(-c2nc(C(=O)N3CCN(C(=O)C4(C(F)(F)F)CC4)CC3)c(CN)o2)c2ccc(C(F)(F)F)nc12. The summed E-state index contributed by atoms with van der Waals surface area (Å²) in [6.45, 7) is -0.450. The quantitative estimate of drug-likeness (QED) is 0.461. The zero-order valence-corrected chi connectivity index (χ0v) is 21.0. The van der Waals surface area contributed by atoms with Crippen molar-refractivity contribution in [1.82, 2.24) is 19.8 Å². The van der Waals surface area contributed by atoms with Crippen molar-refractivity contribution in [2.24, 2.45) is 11.1 Å². The summed E-state index contributed by atoms with van der Waals surface area (Å²) < 4.78 is 90.8. The highest BCUT2D eigenvalue weighted by Crippen LogP contribution is 2.58. The molecule has 5 rings (SSSR count). The maximum absolute atomic E-state index is 13.4. The number of hydrogen-bond donors (Lipinski definition) is 1. The molecule has 0 unspecified atom stereocenters. The summed E-state index contributed by atoms with van der Waals surface area (Å²) in [5, 5.41) is 0.224. The van der Waals surface area contributed by atoms with Crippen molar-refractivity contribution in [3.05, 3.63) is 41.4 Å². The number of fused-ring (bicyclic) bond motifs is 1. The Kier molecular flexibility index (Phi) is 6.67. The predicted molar refractivity (Wildman–Crippen MR) is 127 cm³/mol. The summed E-state index contributed by atoms with van der Waals surface area (Å²) in [4.78, 5) is 36.3. The van der Waals surface area contributed by atoms with Crippen molar-refractivity contribution in [1.29, 1.82) is 0 Å². The number of piperazine rings is 1. The van der Waals surface area contributed by atoms with Gasteiger partial charge >= 0.3 is 12.4 Å². The van der Waals surface area contributed by atoms with Crippen LogP contribution >= 0.6 is 0 Å². The molecule has 2 fully saturated rings. The lowest BCUT2D eigenvalue weighted by molar-refractivity contribution is -0.199. The van der Waals surface area contributed by atoms with Gasteiger partial charge in [-0.15, -0.1) is 0 Å². The van der Waals surface area contributed by atoms with Crippen molar-refractivity contribution in [3.63, 3.8) is 0 Å². The van der Waals surface area contributed by atoms with Gasteiger partial charge in [-0.1, -0.05) is 0 Å². The number of oxazole rings is 1.